The second-order valence-corrected chi connectivity index (χ2v) is 3.89. The first-order valence-electron chi connectivity index (χ1n) is 5.69. The Hall–Kier alpha value is -2.57. The Morgan fingerprint density at radius 3 is 2.95 bits per heavy atom. The van der Waals surface area contributed by atoms with Crippen molar-refractivity contribution >= 4 is 11.5 Å². The monoisotopic (exact) mass is 261 g/mol. The quantitative estimate of drug-likeness (QED) is 0.604. The van der Waals surface area contributed by atoms with E-state index in [9.17, 15) is 14.9 Å². The average Bonchev–Trinajstić information content (AvgIpc) is 2.87. The summed E-state index contributed by atoms with van der Waals surface area (Å²) < 4.78 is 4.94. The summed E-state index contributed by atoms with van der Waals surface area (Å²) in [5, 5.41) is 14.4. The smallest absolute Gasteiger partial charge is 0.270 e. The Morgan fingerprint density at radius 1 is 1.47 bits per heavy atom. The molecular formula is C12H11N3O4. The fourth-order valence-corrected chi connectivity index (χ4v) is 1.50. The van der Waals surface area contributed by atoms with Gasteiger partial charge in [0.15, 0.2) is 0 Å². The van der Waals surface area contributed by atoms with E-state index in [0.29, 0.717) is 12.0 Å². The lowest BCUT2D eigenvalue weighted by atomic mass is 10.2. The molecule has 7 heteroatoms. The Labute approximate surface area is 108 Å². The summed E-state index contributed by atoms with van der Waals surface area (Å²) in [5.74, 6) is 0.449. The van der Waals surface area contributed by atoms with Crippen LogP contribution in [0.5, 0.6) is 0 Å². The zero-order chi connectivity index (χ0) is 13.8. The molecule has 0 saturated heterocycles. The fourth-order valence-electron chi connectivity index (χ4n) is 1.50. The van der Waals surface area contributed by atoms with Crippen molar-refractivity contribution in [3.05, 3.63) is 40.3 Å². The van der Waals surface area contributed by atoms with Gasteiger partial charge < -0.3 is 4.52 Å². The lowest BCUT2D eigenvalue weighted by Crippen LogP contribution is -2.00. The van der Waals surface area contributed by atoms with Gasteiger partial charge in [-0.15, -0.1) is 0 Å². The number of ketones is 1. The molecule has 0 spiro atoms. The molecular weight excluding hydrogens is 250 g/mol. The topological polar surface area (TPSA) is 99.1 Å². The first-order valence-corrected chi connectivity index (χ1v) is 5.69. The number of non-ortho nitro benzene ring substituents is 1. The first kappa shape index (κ1) is 12.9. The number of carbonyl (C=O) groups excluding carboxylic acids is 1. The summed E-state index contributed by atoms with van der Waals surface area (Å²) in [6.07, 6.45) is 0.479. The van der Waals surface area contributed by atoms with Crippen molar-refractivity contribution in [3.8, 4) is 11.4 Å². The van der Waals surface area contributed by atoms with E-state index in [2.05, 4.69) is 10.1 Å². The van der Waals surface area contributed by atoms with Gasteiger partial charge in [0, 0.05) is 24.1 Å². The Morgan fingerprint density at radius 2 is 2.26 bits per heavy atom. The number of aromatic nitrogens is 2. The van der Waals surface area contributed by atoms with Gasteiger partial charge >= 0.3 is 0 Å². The van der Waals surface area contributed by atoms with Gasteiger partial charge in [-0.3, -0.25) is 14.9 Å². The van der Waals surface area contributed by atoms with E-state index in [4.69, 9.17) is 4.52 Å². The van der Waals surface area contributed by atoms with Crippen LogP contribution in [-0.2, 0) is 11.2 Å². The number of benzene rings is 1. The van der Waals surface area contributed by atoms with E-state index in [1.165, 1.54) is 12.1 Å². The van der Waals surface area contributed by atoms with Gasteiger partial charge in [0.25, 0.3) is 5.69 Å². The minimum absolute atomic E-state index is 0.00533. The molecule has 1 aromatic carbocycles. The second kappa shape index (κ2) is 5.38. The van der Waals surface area contributed by atoms with Crippen LogP contribution in [0.1, 0.15) is 19.2 Å². The van der Waals surface area contributed by atoms with Crippen molar-refractivity contribution in [2.45, 2.75) is 19.8 Å². The number of rotatable bonds is 5. The SMILES string of the molecule is CCC(=O)Cc1nc(-c2cccc([N+](=O)[O-])c2)no1. The summed E-state index contributed by atoms with van der Waals surface area (Å²) in [6, 6.07) is 5.92. The van der Waals surface area contributed by atoms with Crippen LogP contribution in [0.4, 0.5) is 5.69 Å². The minimum Gasteiger partial charge on any atom is -0.339 e. The summed E-state index contributed by atoms with van der Waals surface area (Å²) >= 11 is 0. The Kier molecular flexibility index (Phi) is 3.65. The van der Waals surface area contributed by atoms with Crippen molar-refractivity contribution in [1.29, 1.82) is 0 Å². The highest BCUT2D eigenvalue weighted by atomic mass is 16.6. The molecule has 0 radical (unpaired) electrons. The number of carbonyl (C=O) groups is 1. The van der Waals surface area contributed by atoms with E-state index in [1.807, 2.05) is 0 Å². The summed E-state index contributed by atoms with van der Waals surface area (Å²) in [5.41, 5.74) is 0.432. The predicted molar refractivity (Wildman–Crippen MR) is 65.4 cm³/mol. The predicted octanol–water partition coefficient (Wildman–Crippen LogP) is 2.17. The maximum atomic E-state index is 11.3. The molecule has 0 amide bonds. The number of nitro benzene ring substituents is 1. The van der Waals surface area contributed by atoms with Gasteiger partial charge in [0.1, 0.15) is 5.78 Å². The van der Waals surface area contributed by atoms with Crippen molar-refractivity contribution in [2.75, 3.05) is 0 Å². The molecule has 0 aliphatic heterocycles. The molecule has 0 N–H and O–H groups in total. The van der Waals surface area contributed by atoms with Crippen LogP contribution in [0.15, 0.2) is 28.8 Å². The van der Waals surface area contributed by atoms with E-state index in [-0.39, 0.29) is 29.6 Å². The summed E-state index contributed by atoms with van der Waals surface area (Å²) in [6.45, 7) is 1.75. The molecule has 0 unspecified atom stereocenters. The van der Waals surface area contributed by atoms with Crippen LogP contribution in [0.25, 0.3) is 11.4 Å². The first-order chi connectivity index (χ1) is 9.10. The standard InChI is InChI=1S/C12H11N3O4/c1-2-10(16)7-11-13-12(14-19-11)8-4-3-5-9(6-8)15(17)18/h3-6H,2,7H2,1H3. The molecule has 98 valence electrons. The van der Waals surface area contributed by atoms with Crippen molar-refractivity contribution in [3.63, 3.8) is 0 Å². The number of hydrogen-bond acceptors (Lipinski definition) is 6. The van der Waals surface area contributed by atoms with Crippen molar-refractivity contribution in [2.24, 2.45) is 0 Å². The Balaban J connectivity index is 2.25. The molecule has 0 saturated carbocycles. The van der Waals surface area contributed by atoms with E-state index >= 15 is 0 Å². The van der Waals surface area contributed by atoms with Crippen molar-refractivity contribution < 1.29 is 14.2 Å². The molecule has 0 bridgehead atoms. The maximum Gasteiger partial charge on any atom is 0.270 e. The normalized spacial score (nSPS) is 10.4. The lowest BCUT2D eigenvalue weighted by Gasteiger charge is -1.94. The minimum atomic E-state index is -0.495. The Bertz CT molecular complexity index is 621. The number of nitro groups is 1. The van der Waals surface area contributed by atoms with Crippen LogP contribution in [0.2, 0.25) is 0 Å². The third-order valence-electron chi connectivity index (χ3n) is 2.53. The zero-order valence-electron chi connectivity index (χ0n) is 10.2. The lowest BCUT2D eigenvalue weighted by molar-refractivity contribution is -0.384. The molecule has 0 aliphatic carbocycles. The van der Waals surface area contributed by atoms with Gasteiger partial charge in [-0.1, -0.05) is 24.2 Å². The molecule has 0 aliphatic rings. The highest BCUT2D eigenvalue weighted by molar-refractivity contribution is 5.79. The van der Waals surface area contributed by atoms with E-state index in [1.54, 1.807) is 19.1 Å². The van der Waals surface area contributed by atoms with Gasteiger partial charge in [-0.2, -0.15) is 4.98 Å². The molecule has 2 aromatic rings. The van der Waals surface area contributed by atoms with Gasteiger partial charge in [-0.25, -0.2) is 0 Å². The van der Waals surface area contributed by atoms with E-state index < -0.39 is 4.92 Å². The van der Waals surface area contributed by atoms with Gasteiger partial charge in [-0.05, 0) is 0 Å². The largest absolute Gasteiger partial charge is 0.339 e. The van der Waals surface area contributed by atoms with E-state index in [0.717, 1.165) is 0 Å². The average molecular weight is 261 g/mol. The van der Waals surface area contributed by atoms with Crippen molar-refractivity contribution in [1.82, 2.24) is 10.1 Å². The molecule has 0 fully saturated rings. The molecule has 19 heavy (non-hydrogen) atoms. The summed E-state index contributed by atoms with van der Waals surface area (Å²) in [7, 11) is 0. The van der Waals surface area contributed by atoms with Crippen LogP contribution < -0.4 is 0 Å². The molecule has 2 rings (SSSR count). The zero-order valence-corrected chi connectivity index (χ0v) is 10.2. The summed E-state index contributed by atoms with van der Waals surface area (Å²) in [4.78, 5) is 25.5. The number of Topliss-reactive ketones (excluding diaryl/α,β-unsaturated/α-hetero) is 1. The molecule has 7 nitrogen and oxygen atoms in total. The maximum absolute atomic E-state index is 11.3. The number of nitrogens with zero attached hydrogens (tertiary/aromatic N) is 3. The highest BCUT2D eigenvalue weighted by Crippen LogP contribution is 2.21. The molecule has 1 aromatic heterocycles. The van der Waals surface area contributed by atoms with Gasteiger partial charge in [0.05, 0.1) is 11.3 Å². The molecule has 0 atom stereocenters. The fraction of sp³-hybridized carbons (Fsp3) is 0.250. The second-order valence-electron chi connectivity index (χ2n) is 3.89. The van der Waals surface area contributed by atoms with Crippen LogP contribution >= 0.6 is 0 Å². The third-order valence-corrected chi connectivity index (χ3v) is 2.53. The van der Waals surface area contributed by atoms with Crippen LogP contribution in [-0.4, -0.2) is 20.8 Å². The van der Waals surface area contributed by atoms with Crippen LogP contribution in [0, 0.1) is 10.1 Å². The van der Waals surface area contributed by atoms with Gasteiger partial charge in [0.2, 0.25) is 11.7 Å². The molecule has 1 heterocycles. The highest BCUT2D eigenvalue weighted by Gasteiger charge is 2.14. The third kappa shape index (κ3) is 3.01. The number of hydrogen-bond donors (Lipinski definition) is 0. The van der Waals surface area contributed by atoms with Crippen LogP contribution in [0.3, 0.4) is 0 Å².